The SMILES string of the molecule is O=C(O)CSc1n[nH]c(=O)n1-c1ccc(I)cc1Br. The smallest absolute Gasteiger partial charge is 0.348 e. The fourth-order valence-corrected chi connectivity index (χ4v) is 3.53. The average molecular weight is 456 g/mol. The second-order valence-electron chi connectivity index (χ2n) is 3.42. The van der Waals surface area contributed by atoms with Crippen molar-refractivity contribution in [1.29, 1.82) is 0 Å². The van der Waals surface area contributed by atoms with Crippen LogP contribution in [0.25, 0.3) is 5.69 Å². The fraction of sp³-hybridized carbons (Fsp3) is 0.100. The molecule has 0 saturated heterocycles. The first kappa shape index (κ1) is 14.6. The largest absolute Gasteiger partial charge is 0.481 e. The zero-order valence-electron chi connectivity index (χ0n) is 9.26. The van der Waals surface area contributed by atoms with E-state index in [4.69, 9.17) is 5.11 Å². The van der Waals surface area contributed by atoms with E-state index in [1.165, 1.54) is 4.57 Å². The number of nitrogens with zero attached hydrogens (tertiary/aromatic N) is 2. The highest BCUT2D eigenvalue weighted by molar-refractivity contribution is 14.1. The molecule has 2 aromatic rings. The van der Waals surface area contributed by atoms with Crippen molar-refractivity contribution in [2.45, 2.75) is 5.16 Å². The van der Waals surface area contributed by atoms with Gasteiger partial charge in [-0.3, -0.25) is 4.79 Å². The first-order chi connectivity index (χ1) is 8.99. The molecule has 2 rings (SSSR count). The van der Waals surface area contributed by atoms with Gasteiger partial charge in [0.15, 0.2) is 5.16 Å². The molecular formula is C10H7BrIN3O3S. The third kappa shape index (κ3) is 3.39. The molecule has 1 aromatic heterocycles. The minimum Gasteiger partial charge on any atom is -0.481 e. The third-order valence-electron chi connectivity index (χ3n) is 2.12. The van der Waals surface area contributed by atoms with E-state index in [0.717, 1.165) is 19.8 Å². The number of aliphatic carboxylic acids is 1. The molecule has 0 spiro atoms. The number of carbonyl (C=O) groups is 1. The molecule has 0 radical (unpaired) electrons. The lowest BCUT2D eigenvalue weighted by Gasteiger charge is -2.07. The number of aromatic nitrogens is 3. The van der Waals surface area contributed by atoms with Crippen molar-refractivity contribution in [2.75, 3.05) is 5.75 Å². The van der Waals surface area contributed by atoms with Crippen molar-refractivity contribution in [2.24, 2.45) is 0 Å². The standard InChI is InChI=1S/C10H7BrIN3O3S/c11-6-3-5(12)1-2-7(6)15-9(18)13-14-10(15)19-4-8(16)17/h1-3H,4H2,(H,13,18)(H,16,17). The van der Waals surface area contributed by atoms with E-state index in [2.05, 4.69) is 48.7 Å². The lowest BCUT2D eigenvalue weighted by atomic mass is 10.3. The molecule has 1 heterocycles. The molecule has 0 saturated carbocycles. The molecule has 9 heteroatoms. The Hall–Kier alpha value is -0.810. The minimum atomic E-state index is -0.964. The molecule has 1 aromatic carbocycles. The number of rotatable bonds is 4. The second kappa shape index (κ2) is 6.09. The molecule has 0 aliphatic rings. The highest BCUT2D eigenvalue weighted by Crippen LogP contribution is 2.25. The molecular weight excluding hydrogens is 449 g/mol. The monoisotopic (exact) mass is 455 g/mol. The number of hydrogen-bond acceptors (Lipinski definition) is 4. The lowest BCUT2D eigenvalue weighted by molar-refractivity contribution is -0.133. The maximum Gasteiger partial charge on any atom is 0.348 e. The van der Waals surface area contributed by atoms with Gasteiger partial charge < -0.3 is 5.11 Å². The van der Waals surface area contributed by atoms with Crippen LogP contribution in [0.3, 0.4) is 0 Å². The van der Waals surface area contributed by atoms with Gasteiger partial charge in [-0.05, 0) is 56.7 Å². The van der Waals surface area contributed by atoms with Gasteiger partial charge in [-0.2, -0.15) is 0 Å². The maximum absolute atomic E-state index is 11.8. The summed E-state index contributed by atoms with van der Waals surface area (Å²) in [6.45, 7) is 0. The van der Waals surface area contributed by atoms with Crippen LogP contribution in [0, 0.1) is 3.57 Å². The first-order valence-corrected chi connectivity index (χ1v) is 7.82. The normalized spacial score (nSPS) is 10.6. The van der Waals surface area contributed by atoms with E-state index in [1.807, 2.05) is 12.1 Å². The number of carboxylic acids is 1. The average Bonchev–Trinajstić information content (AvgIpc) is 2.68. The molecule has 0 unspecified atom stereocenters. The van der Waals surface area contributed by atoms with Gasteiger partial charge in [0.05, 0.1) is 11.4 Å². The second-order valence-corrected chi connectivity index (χ2v) is 6.47. The van der Waals surface area contributed by atoms with Gasteiger partial charge in [0.2, 0.25) is 0 Å². The van der Waals surface area contributed by atoms with Crippen LogP contribution >= 0.6 is 50.3 Å². The fourth-order valence-electron chi connectivity index (χ4n) is 1.38. The molecule has 0 bridgehead atoms. The van der Waals surface area contributed by atoms with Gasteiger partial charge in [-0.1, -0.05) is 11.8 Å². The molecule has 19 heavy (non-hydrogen) atoms. The molecule has 0 aliphatic carbocycles. The third-order valence-corrected chi connectivity index (χ3v) is 4.35. The van der Waals surface area contributed by atoms with Crippen molar-refractivity contribution in [3.63, 3.8) is 0 Å². The van der Waals surface area contributed by atoms with Crippen LogP contribution in [0.1, 0.15) is 0 Å². The summed E-state index contributed by atoms with van der Waals surface area (Å²) >= 11 is 6.53. The van der Waals surface area contributed by atoms with Crippen molar-refractivity contribution >= 4 is 56.3 Å². The van der Waals surface area contributed by atoms with Gasteiger partial charge in [0, 0.05) is 8.04 Å². The van der Waals surface area contributed by atoms with Crippen LogP contribution in [-0.4, -0.2) is 31.6 Å². The zero-order chi connectivity index (χ0) is 14.0. The molecule has 0 amide bonds. The molecule has 0 atom stereocenters. The van der Waals surface area contributed by atoms with Crippen molar-refractivity contribution in [3.8, 4) is 5.69 Å². The number of H-pyrrole nitrogens is 1. The highest BCUT2D eigenvalue weighted by Gasteiger charge is 2.14. The van der Waals surface area contributed by atoms with E-state index in [-0.39, 0.29) is 5.75 Å². The zero-order valence-corrected chi connectivity index (χ0v) is 13.8. The van der Waals surface area contributed by atoms with Gasteiger partial charge in [-0.15, -0.1) is 5.10 Å². The molecule has 6 nitrogen and oxygen atoms in total. The van der Waals surface area contributed by atoms with Gasteiger partial charge in [0.1, 0.15) is 0 Å². The van der Waals surface area contributed by atoms with Gasteiger partial charge in [0.25, 0.3) is 0 Å². The van der Waals surface area contributed by atoms with Crippen LogP contribution in [-0.2, 0) is 4.79 Å². The summed E-state index contributed by atoms with van der Waals surface area (Å²) < 4.78 is 3.10. The molecule has 0 fully saturated rings. The van der Waals surface area contributed by atoms with Gasteiger partial charge >= 0.3 is 11.7 Å². The Bertz CT molecular complexity index is 685. The van der Waals surface area contributed by atoms with E-state index < -0.39 is 11.7 Å². The van der Waals surface area contributed by atoms with Crippen LogP contribution in [0.2, 0.25) is 0 Å². The summed E-state index contributed by atoms with van der Waals surface area (Å²) in [5.41, 5.74) is 0.210. The highest BCUT2D eigenvalue weighted by atomic mass is 127. The Balaban J connectivity index is 2.46. The molecule has 100 valence electrons. The topological polar surface area (TPSA) is 88.0 Å². The summed E-state index contributed by atoms with van der Waals surface area (Å²) in [6.07, 6.45) is 0. The lowest BCUT2D eigenvalue weighted by Crippen LogP contribution is -2.16. The van der Waals surface area contributed by atoms with E-state index >= 15 is 0 Å². The number of hydrogen-bond donors (Lipinski definition) is 2. The van der Waals surface area contributed by atoms with Crippen LogP contribution in [0.5, 0.6) is 0 Å². The number of aromatic amines is 1. The Kier molecular flexibility index (Phi) is 4.68. The quantitative estimate of drug-likeness (QED) is 0.544. The van der Waals surface area contributed by atoms with Crippen LogP contribution in [0.4, 0.5) is 0 Å². The summed E-state index contributed by atoms with van der Waals surface area (Å²) in [6, 6.07) is 5.49. The van der Waals surface area contributed by atoms with E-state index in [9.17, 15) is 9.59 Å². The summed E-state index contributed by atoms with van der Waals surface area (Å²) in [4.78, 5) is 22.4. The van der Waals surface area contributed by atoms with E-state index in [0.29, 0.717) is 10.8 Å². The van der Waals surface area contributed by atoms with Crippen molar-refractivity contribution in [3.05, 3.63) is 36.7 Å². The van der Waals surface area contributed by atoms with Crippen LogP contribution in [0.15, 0.2) is 32.6 Å². The Morgan fingerprint density at radius 1 is 1.58 bits per heavy atom. The minimum absolute atomic E-state index is 0.160. The summed E-state index contributed by atoms with van der Waals surface area (Å²) in [5.74, 6) is -1.12. The number of nitrogens with one attached hydrogen (secondary N) is 1. The van der Waals surface area contributed by atoms with Crippen molar-refractivity contribution in [1.82, 2.24) is 14.8 Å². The predicted molar refractivity (Wildman–Crippen MR) is 83.0 cm³/mol. The number of thioether (sulfide) groups is 1. The van der Waals surface area contributed by atoms with E-state index in [1.54, 1.807) is 6.07 Å². The Morgan fingerprint density at radius 3 is 2.95 bits per heavy atom. The number of carboxylic acid groups (broad SMARTS) is 1. The summed E-state index contributed by atoms with van der Waals surface area (Å²) in [5, 5.41) is 15.1. The maximum atomic E-state index is 11.8. The molecule has 2 N–H and O–H groups in total. The van der Waals surface area contributed by atoms with Crippen molar-refractivity contribution < 1.29 is 9.90 Å². The van der Waals surface area contributed by atoms with Crippen LogP contribution < -0.4 is 5.69 Å². The predicted octanol–water partition coefficient (Wildman–Crippen LogP) is 2.10. The molecule has 0 aliphatic heterocycles. The Labute approximate surface area is 133 Å². The Morgan fingerprint density at radius 2 is 2.32 bits per heavy atom. The number of benzene rings is 1. The van der Waals surface area contributed by atoms with Gasteiger partial charge in [-0.25, -0.2) is 14.5 Å². The first-order valence-electron chi connectivity index (χ1n) is 4.96. The summed E-state index contributed by atoms with van der Waals surface area (Å²) in [7, 11) is 0. The number of halogens is 2.